The minimum atomic E-state index is -3.50. The van der Waals surface area contributed by atoms with Gasteiger partial charge in [-0.15, -0.1) is 0 Å². The minimum Gasteiger partial charge on any atom is -0.489 e. The fraction of sp³-hybridized carbons (Fsp3) is 0.455. The van der Waals surface area contributed by atoms with Crippen LogP contribution in [0, 0.1) is 0 Å². The Hall–Kier alpha value is -1.66. The van der Waals surface area contributed by atoms with E-state index in [1.807, 2.05) is 0 Å². The topological polar surface area (TPSA) is 89.5 Å². The van der Waals surface area contributed by atoms with Gasteiger partial charge in [0, 0.05) is 0 Å². The Morgan fingerprint density at radius 3 is 1.19 bits per heavy atom. The van der Waals surface area contributed by atoms with Crippen LogP contribution in [0.2, 0.25) is 0 Å². The molecule has 0 atom stereocenters. The molecule has 10 heteroatoms. The molecule has 8 nitrogen and oxygen atoms in total. The molecule has 0 amide bonds. The molecule has 0 bridgehead atoms. The second-order valence-electron chi connectivity index (χ2n) is 6.30. The SMILES string of the molecule is CCOP(=O)(OCC)c1ccccc1OCCOc1ccccc1P(=O)(OCC)OCC. The van der Waals surface area contributed by atoms with Crippen LogP contribution in [0.1, 0.15) is 27.7 Å². The number of para-hydroxylation sites is 2. The van der Waals surface area contributed by atoms with E-state index in [1.54, 1.807) is 76.2 Å². The lowest BCUT2D eigenvalue weighted by atomic mass is 10.3. The van der Waals surface area contributed by atoms with Crippen LogP contribution in [-0.2, 0) is 27.2 Å². The summed E-state index contributed by atoms with van der Waals surface area (Å²) in [7, 11) is -6.99. The Morgan fingerprint density at radius 2 is 0.875 bits per heavy atom. The first-order valence-electron chi connectivity index (χ1n) is 10.7. The fourth-order valence-corrected chi connectivity index (χ4v) is 6.37. The maximum Gasteiger partial charge on any atom is 0.365 e. The van der Waals surface area contributed by atoms with E-state index < -0.39 is 15.2 Å². The summed E-state index contributed by atoms with van der Waals surface area (Å²) < 4.78 is 59.7. The molecule has 0 radical (unpaired) electrons. The molecule has 32 heavy (non-hydrogen) atoms. The van der Waals surface area contributed by atoms with Crippen molar-refractivity contribution in [3.63, 3.8) is 0 Å². The highest BCUT2D eigenvalue weighted by molar-refractivity contribution is 7.62. The number of rotatable bonds is 15. The van der Waals surface area contributed by atoms with Gasteiger partial charge in [0.15, 0.2) is 0 Å². The monoisotopic (exact) mass is 486 g/mol. The van der Waals surface area contributed by atoms with Crippen molar-refractivity contribution in [2.75, 3.05) is 39.6 Å². The van der Waals surface area contributed by atoms with Gasteiger partial charge in [-0.3, -0.25) is 9.13 Å². The molecule has 0 N–H and O–H groups in total. The van der Waals surface area contributed by atoms with Gasteiger partial charge in [0.2, 0.25) is 0 Å². The predicted octanol–water partition coefficient (Wildman–Crippen LogP) is 4.93. The van der Waals surface area contributed by atoms with Crippen LogP contribution < -0.4 is 20.1 Å². The molecule has 0 spiro atoms. The number of hydrogen-bond donors (Lipinski definition) is 0. The average Bonchev–Trinajstić information content (AvgIpc) is 2.78. The second-order valence-corrected chi connectivity index (χ2v) is 10.3. The van der Waals surface area contributed by atoms with E-state index in [2.05, 4.69) is 0 Å². The summed E-state index contributed by atoms with van der Waals surface area (Å²) in [5, 5.41) is 0.725. The highest BCUT2D eigenvalue weighted by Crippen LogP contribution is 2.50. The largest absolute Gasteiger partial charge is 0.489 e. The molecule has 0 aliphatic rings. The summed E-state index contributed by atoms with van der Waals surface area (Å²) in [5.41, 5.74) is 0. The van der Waals surface area contributed by atoms with Crippen LogP contribution in [0.15, 0.2) is 48.5 Å². The quantitative estimate of drug-likeness (QED) is 0.259. The first-order chi connectivity index (χ1) is 15.4. The summed E-state index contributed by atoms with van der Waals surface area (Å²) in [4.78, 5) is 0. The Morgan fingerprint density at radius 1 is 0.562 bits per heavy atom. The Kier molecular flexibility index (Phi) is 10.9. The third-order valence-electron chi connectivity index (χ3n) is 4.12. The fourth-order valence-electron chi connectivity index (χ4n) is 2.95. The normalized spacial score (nSPS) is 12.0. The molecule has 2 aromatic rings. The summed E-state index contributed by atoms with van der Waals surface area (Å²) >= 11 is 0. The minimum absolute atomic E-state index is 0.150. The lowest BCUT2D eigenvalue weighted by Gasteiger charge is -2.21. The first kappa shape index (κ1) is 26.6. The highest BCUT2D eigenvalue weighted by Gasteiger charge is 2.31. The lowest BCUT2D eigenvalue weighted by molar-refractivity contribution is 0.211. The number of benzene rings is 2. The molecular weight excluding hydrogens is 454 g/mol. The van der Waals surface area contributed by atoms with E-state index in [1.165, 1.54) is 0 Å². The van der Waals surface area contributed by atoms with Gasteiger partial charge in [-0.05, 0) is 52.0 Å². The van der Waals surface area contributed by atoms with E-state index in [0.717, 1.165) is 0 Å². The molecule has 0 fully saturated rings. The van der Waals surface area contributed by atoms with Gasteiger partial charge in [-0.25, -0.2) is 0 Å². The van der Waals surface area contributed by atoms with Crippen molar-refractivity contribution in [1.29, 1.82) is 0 Å². The van der Waals surface area contributed by atoms with E-state index in [9.17, 15) is 9.13 Å². The third kappa shape index (κ3) is 6.92. The van der Waals surface area contributed by atoms with Crippen molar-refractivity contribution >= 4 is 25.8 Å². The molecule has 0 saturated heterocycles. The zero-order valence-corrected chi connectivity index (χ0v) is 20.8. The Balaban J connectivity index is 2.12. The van der Waals surface area contributed by atoms with Crippen molar-refractivity contribution in [3.8, 4) is 11.5 Å². The molecule has 0 heterocycles. The van der Waals surface area contributed by atoms with E-state index in [4.69, 9.17) is 27.6 Å². The molecule has 2 aromatic carbocycles. The summed E-state index contributed by atoms with van der Waals surface area (Å²) in [6, 6.07) is 13.8. The molecule has 0 aromatic heterocycles. The highest BCUT2D eigenvalue weighted by atomic mass is 31.2. The number of hydrogen-bond acceptors (Lipinski definition) is 8. The maximum atomic E-state index is 13.2. The zero-order chi connectivity index (χ0) is 23.5. The van der Waals surface area contributed by atoms with Crippen LogP contribution >= 0.6 is 15.2 Å². The zero-order valence-electron chi connectivity index (χ0n) is 19.0. The van der Waals surface area contributed by atoms with Crippen LogP contribution in [0.3, 0.4) is 0 Å². The van der Waals surface area contributed by atoms with Gasteiger partial charge in [0.05, 0.1) is 26.4 Å². The predicted molar refractivity (Wildman–Crippen MR) is 125 cm³/mol. The molecule has 0 aliphatic carbocycles. The third-order valence-corrected chi connectivity index (χ3v) is 8.43. The molecule has 0 aliphatic heterocycles. The van der Waals surface area contributed by atoms with Crippen LogP contribution in [0.5, 0.6) is 11.5 Å². The van der Waals surface area contributed by atoms with Gasteiger partial charge in [0.1, 0.15) is 35.3 Å². The summed E-state index contributed by atoms with van der Waals surface area (Å²) in [6.45, 7) is 8.28. The Labute approximate surface area is 190 Å². The van der Waals surface area contributed by atoms with Crippen molar-refractivity contribution < 1.29 is 36.7 Å². The van der Waals surface area contributed by atoms with Gasteiger partial charge >= 0.3 is 15.2 Å². The van der Waals surface area contributed by atoms with Gasteiger partial charge in [0.25, 0.3) is 0 Å². The van der Waals surface area contributed by atoms with E-state index in [-0.39, 0.29) is 39.6 Å². The van der Waals surface area contributed by atoms with Crippen LogP contribution in [0.25, 0.3) is 0 Å². The van der Waals surface area contributed by atoms with Crippen molar-refractivity contribution in [2.45, 2.75) is 27.7 Å². The first-order valence-corrected chi connectivity index (χ1v) is 13.8. The van der Waals surface area contributed by atoms with Crippen molar-refractivity contribution in [3.05, 3.63) is 48.5 Å². The van der Waals surface area contributed by atoms with Crippen molar-refractivity contribution in [2.24, 2.45) is 0 Å². The molecule has 178 valence electrons. The number of ether oxygens (including phenoxy) is 2. The van der Waals surface area contributed by atoms with Gasteiger partial charge in [-0.1, -0.05) is 24.3 Å². The average molecular weight is 486 g/mol. The van der Waals surface area contributed by atoms with Crippen molar-refractivity contribution in [1.82, 2.24) is 0 Å². The van der Waals surface area contributed by atoms with E-state index in [0.29, 0.717) is 22.1 Å². The van der Waals surface area contributed by atoms with Crippen LogP contribution in [-0.4, -0.2) is 39.6 Å². The van der Waals surface area contributed by atoms with Gasteiger partial charge < -0.3 is 27.6 Å². The molecule has 2 rings (SSSR count). The van der Waals surface area contributed by atoms with Crippen LogP contribution in [0.4, 0.5) is 0 Å². The summed E-state index contributed by atoms with van der Waals surface area (Å²) in [6.07, 6.45) is 0. The second kappa shape index (κ2) is 13.1. The molecule has 0 unspecified atom stereocenters. The van der Waals surface area contributed by atoms with E-state index >= 15 is 0 Å². The maximum absolute atomic E-state index is 13.2. The molecular formula is C22H32O8P2. The lowest BCUT2D eigenvalue weighted by Crippen LogP contribution is -2.19. The Bertz CT molecular complexity index is 838. The smallest absolute Gasteiger partial charge is 0.365 e. The molecule has 0 saturated carbocycles. The van der Waals surface area contributed by atoms with Gasteiger partial charge in [-0.2, -0.15) is 0 Å². The standard InChI is InChI=1S/C22H32O8P2/c1-5-27-31(23,28-6-2)21-15-11-9-13-19(21)25-17-18-26-20-14-10-12-16-22(20)32(24,29-7-3)30-8-4/h9-16H,5-8,17-18H2,1-4H3. The summed E-state index contributed by atoms with van der Waals surface area (Å²) in [5.74, 6) is 0.785.